The molecule has 1 aliphatic rings. The van der Waals surface area contributed by atoms with E-state index in [0.29, 0.717) is 13.0 Å². The molecule has 0 aliphatic carbocycles. The number of aryl methyl sites for hydroxylation is 1. The maximum Gasteiger partial charge on any atom is 0.430 e. The first-order chi connectivity index (χ1) is 12.7. The first-order valence-electron chi connectivity index (χ1n) is 8.82. The average molecular weight is 347 g/mol. The summed E-state index contributed by atoms with van der Waals surface area (Å²) < 4.78 is 7.35. The molecule has 0 spiro atoms. The number of fused-ring (bicyclic) bond motifs is 1. The maximum atomic E-state index is 12.5. The van der Waals surface area contributed by atoms with E-state index in [1.807, 2.05) is 56.4 Å². The Labute approximate surface area is 152 Å². The molecular formula is C21H21N3O2. The monoisotopic (exact) mass is 347 g/mol. The maximum absolute atomic E-state index is 12.5. The lowest BCUT2D eigenvalue weighted by Crippen LogP contribution is -2.27. The van der Waals surface area contributed by atoms with E-state index in [1.54, 1.807) is 0 Å². The Hall–Kier alpha value is -3.08. The van der Waals surface area contributed by atoms with Crippen molar-refractivity contribution in [3.05, 3.63) is 71.9 Å². The zero-order valence-corrected chi connectivity index (χ0v) is 14.9. The van der Waals surface area contributed by atoms with Crippen LogP contribution in [0.4, 0.5) is 4.79 Å². The minimum absolute atomic E-state index is 0.171. The van der Waals surface area contributed by atoms with E-state index in [0.717, 1.165) is 27.7 Å². The highest BCUT2D eigenvalue weighted by Crippen LogP contribution is 2.37. The van der Waals surface area contributed by atoms with Crippen molar-refractivity contribution in [3.8, 4) is 0 Å². The number of hydrogen-bond donors (Lipinski definition) is 0. The number of rotatable bonds is 3. The fourth-order valence-electron chi connectivity index (χ4n) is 3.55. The fraction of sp³-hybridized carbons (Fsp3) is 0.238. The van der Waals surface area contributed by atoms with Gasteiger partial charge in [0, 0.05) is 36.1 Å². The normalized spacial score (nSPS) is 16.8. The first-order valence-corrected chi connectivity index (χ1v) is 8.82. The molecule has 2 heterocycles. The minimum Gasteiger partial charge on any atom is -0.448 e. The van der Waals surface area contributed by atoms with Crippen LogP contribution in [0.3, 0.4) is 0 Å². The summed E-state index contributed by atoms with van der Waals surface area (Å²) in [6.45, 7) is 2.14. The summed E-state index contributed by atoms with van der Waals surface area (Å²) in [6.07, 6.45) is 2.35. The summed E-state index contributed by atoms with van der Waals surface area (Å²) in [4.78, 5) is 12.5. The molecule has 1 aliphatic heterocycles. The van der Waals surface area contributed by atoms with Crippen LogP contribution in [-0.4, -0.2) is 28.0 Å². The molecule has 0 fully saturated rings. The van der Waals surface area contributed by atoms with Crippen LogP contribution in [0.1, 0.15) is 30.5 Å². The van der Waals surface area contributed by atoms with Crippen molar-refractivity contribution in [2.75, 3.05) is 6.61 Å². The number of amides is 1. The number of hydrazone groups is 1. The van der Waals surface area contributed by atoms with Gasteiger partial charge in [0.15, 0.2) is 0 Å². The van der Waals surface area contributed by atoms with Crippen molar-refractivity contribution in [1.82, 2.24) is 9.58 Å². The van der Waals surface area contributed by atoms with Gasteiger partial charge in [-0.1, -0.05) is 48.5 Å². The third kappa shape index (κ3) is 2.75. The number of carbonyl (C=O) groups is 1. The van der Waals surface area contributed by atoms with Crippen LogP contribution >= 0.6 is 0 Å². The Bertz CT molecular complexity index is 975. The number of aromatic nitrogens is 1. The SMILES string of the molecule is CCOC(=O)N1N=C(c2ccccc2)CC1c1cn(C)c2ccccc12. The highest BCUT2D eigenvalue weighted by molar-refractivity contribution is 6.03. The highest BCUT2D eigenvalue weighted by Gasteiger charge is 2.35. The van der Waals surface area contributed by atoms with Crippen LogP contribution in [-0.2, 0) is 11.8 Å². The van der Waals surface area contributed by atoms with E-state index in [1.165, 1.54) is 5.01 Å². The number of para-hydroxylation sites is 1. The quantitative estimate of drug-likeness (QED) is 0.701. The third-order valence-corrected chi connectivity index (χ3v) is 4.76. The van der Waals surface area contributed by atoms with Gasteiger partial charge in [-0.15, -0.1) is 0 Å². The molecule has 26 heavy (non-hydrogen) atoms. The average Bonchev–Trinajstić information content (AvgIpc) is 3.25. The minimum atomic E-state index is -0.406. The van der Waals surface area contributed by atoms with Crippen LogP contribution in [0, 0.1) is 0 Å². The first kappa shape index (κ1) is 16.4. The van der Waals surface area contributed by atoms with Gasteiger partial charge < -0.3 is 9.30 Å². The summed E-state index contributed by atoms with van der Waals surface area (Å²) in [5.41, 5.74) is 4.16. The predicted octanol–water partition coefficient (Wildman–Crippen LogP) is 4.49. The molecule has 5 nitrogen and oxygen atoms in total. The van der Waals surface area contributed by atoms with Crippen molar-refractivity contribution in [3.63, 3.8) is 0 Å². The molecule has 0 N–H and O–H groups in total. The Morgan fingerprint density at radius 2 is 1.88 bits per heavy atom. The van der Waals surface area contributed by atoms with Gasteiger partial charge in [-0.3, -0.25) is 0 Å². The van der Waals surface area contributed by atoms with E-state index in [9.17, 15) is 4.79 Å². The van der Waals surface area contributed by atoms with Crippen molar-refractivity contribution in [2.24, 2.45) is 12.1 Å². The molecule has 2 aromatic carbocycles. The molecule has 4 rings (SSSR count). The Balaban J connectivity index is 1.78. The second-order valence-corrected chi connectivity index (χ2v) is 6.39. The van der Waals surface area contributed by atoms with Gasteiger partial charge in [0.25, 0.3) is 0 Å². The van der Waals surface area contributed by atoms with Crippen molar-refractivity contribution >= 4 is 22.7 Å². The van der Waals surface area contributed by atoms with Crippen LogP contribution in [0.15, 0.2) is 65.9 Å². The molecule has 132 valence electrons. The Morgan fingerprint density at radius 3 is 2.65 bits per heavy atom. The van der Waals surface area contributed by atoms with Crippen LogP contribution in [0.2, 0.25) is 0 Å². The van der Waals surface area contributed by atoms with Gasteiger partial charge in [0.05, 0.1) is 18.4 Å². The van der Waals surface area contributed by atoms with E-state index in [-0.39, 0.29) is 6.04 Å². The molecule has 3 aromatic rings. The standard InChI is InChI=1S/C21H21N3O2/c1-3-26-21(25)24-20(13-18(22-24)15-9-5-4-6-10-15)17-14-23(2)19-12-8-7-11-16(17)19/h4-12,14,20H,3,13H2,1-2H3. The second-order valence-electron chi connectivity index (χ2n) is 6.39. The number of carbonyl (C=O) groups excluding carboxylic acids is 1. The second kappa shape index (κ2) is 6.67. The zero-order valence-electron chi connectivity index (χ0n) is 14.9. The van der Waals surface area contributed by atoms with Gasteiger partial charge >= 0.3 is 6.09 Å². The Kier molecular flexibility index (Phi) is 4.21. The molecule has 1 unspecified atom stereocenters. The molecular weight excluding hydrogens is 326 g/mol. The predicted molar refractivity (Wildman–Crippen MR) is 102 cm³/mol. The fourth-order valence-corrected chi connectivity index (χ4v) is 3.55. The largest absolute Gasteiger partial charge is 0.448 e. The van der Waals surface area contributed by atoms with E-state index in [4.69, 9.17) is 4.74 Å². The summed E-state index contributed by atoms with van der Waals surface area (Å²) in [6, 6.07) is 18.0. The zero-order chi connectivity index (χ0) is 18.1. The van der Waals surface area contributed by atoms with Crippen molar-refractivity contribution < 1.29 is 9.53 Å². The lowest BCUT2D eigenvalue weighted by molar-refractivity contribution is 0.0977. The molecule has 5 heteroatoms. The molecule has 1 amide bonds. The Morgan fingerprint density at radius 1 is 1.15 bits per heavy atom. The topological polar surface area (TPSA) is 46.8 Å². The molecule has 0 saturated heterocycles. The molecule has 1 atom stereocenters. The van der Waals surface area contributed by atoms with E-state index in [2.05, 4.69) is 28.0 Å². The smallest absolute Gasteiger partial charge is 0.430 e. The van der Waals surface area contributed by atoms with Gasteiger partial charge in [0.2, 0.25) is 0 Å². The molecule has 0 saturated carbocycles. The summed E-state index contributed by atoms with van der Waals surface area (Å²) in [5.74, 6) is 0. The molecule has 0 bridgehead atoms. The van der Waals surface area contributed by atoms with Gasteiger partial charge in [-0.25, -0.2) is 4.79 Å². The summed E-state index contributed by atoms with van der Waals surface area (Å²) >= 11 is 0. The number of benzene rings is 2. The van der Waals surface area contributed by atoms with Gasteiger partial charge in [0.1, 0.15) is 0 Å². The number of hydrogen-bond acceptors (Lipinski definition) is 3. The van der Waals surface area contributed by atoms with Gasteiger partial charge in [-0.2, -0.15) is 10.1 Å². The summed E-state index contributed by atoms with van der Waals surface area (Å²) in [5, 5.41) is 7.25. The number of ether oxygens (including phenoxy) is 1. The van der Waals surface area contributed by atoms with E-state index < -0.39 is 6.09 Å². The van der Waals surface area contributed by atoms with Gasteiger partial charge in [-0.05, 0) is 18.6 Å². The molecule has 1 aromatic heterocycles. The molecule has 0 radical (unpaired) electrons. The summed E-state index contributed by atoms with van der Waals surface area (Å²) in [7, 11) is 2.02. The van der Waals surface area contributed by atoms with Crippen LogP contribution in [0.5, 0.6) is 0 Å². The number of nitrogens with zero attached hydrogens (tertiary/aromatic N) is 3. The lowest BCUT2D eigenvalue weighted by atomic mass is 9.98. The van der Waals surface area contributed by atoms with Crippen LogP contribution < -0.4 is 0 Å². The van der Waals surface area contributed by atoms with Crippen molar-refractivity contribution in [1.29, 1.82) is 0 Å². The van der Waals surface area contributed by atoms with E-state index >= 15 is 0 Å². The third-order valence-electron chi connectivity index (χ3n) is 4.76. The van der Waals surface area contributed by atoms with Crippen LogP contribution in [0.25, 0.3) is 10.9 Å². The lowest BCUT2D eigenvalue weighted by Gasteiger charge is -2.20. The van der Waals surface area contributed by atoms with Crippen molar-refractivity contribution in [2.45, 2.75) is 19.4 Å². The highest BCUT2D eigenvalue weighted by atomic mass is 16.6.